The van der Waals surface area contributed by atoms with Crippen molar-refractivity contribution in [1.29, 1.82) is 0 Å². The number of nitrogens with one attached hydrogen (secondary N) is 2. The van der Waals surface area contributed by atoms with E-state index in [-0.39, 0.29) is 11.7 Å². The average Bonchev–Trinajstić information content (AvgIpc) is 2.96. The van der Waals surface area contributed by atoms with E-state index in [0.717, 1.165) is 25.1 Å². The molecule has 1 aliphatic rings. The summed E-state index contributed by atoms with van der Waals surface area (Å²) in [5, 5.41) is 6.02. The van der Waals surface area contributed by atoms with Crippen LogP contribution in [0.2, 0.25) is 0 Å². The van der Waals surface area contributed by atoms with Gasteiger partial charge in [0.1, 0.15) is 5.75 Å². The number of ether oxygens (including phenoxy) is 1. The third kappa shape index (κ3) is 5.93. The van der Waals surface area contributed by atoms with Crippen molar-refractivity contribution in [3.63, 3.8) is 0 Å². The molecule has 0 spiro atoms. The van der Waals surface area contributed by atoms with Crippen molar-refractivity contribution >= 4 is 5.91 Å². The van der Waals surface area contributed by atoms with Crippen LogP contribution in [0.3, 0.4) is 0 Å². The SMILES string of the molecule is O=C(CC1CCNC1)NCc1ccc(OCC(F)(F)F)cc1. The minimum atomic E-state index is -4.35. The Kier molecular flexibility index (Phi) is 5.65. The van der Waals surface area contributed by atoms with Crippen molar-refractivity contribution in [2.24, 2.45) is 5.92 Å². The van der Waals surface area contributed by atoms with Gasteiger partial charge in [0.05, 0.1) is 0 Å². The van der Waals surface area contributed by atoms with Crippen molar-refractivity contribution in [2.45, 2.75) is 25.6 Å². The summed E-state index contributed by atoms with van der Waals surface area (Å²) in [7, 11) is 0. The van der Waals surface area contributed by atoms with Gasteiger partial charge < -0.3 is 15.4 Å². The summed E-state index contributed by atoms with van der Waals surface area (Å²) in [6.45, 7) is 0.882. The Balaban J connectivity index is 1.72. The number of carbonyl (C=O) groups is 1. The summed E-state index contributed by atoms with van der Waals surface area (Å²) >= 11 is 0. The molecule has 7 heteroatoms. The molecule has 1 aliphatic heterocycles. The molecule has 1 saturated heterocycles. The van der Waals surface area contributed by atoms with Gasteiger partial charge in [-0.05, 0) is 43.1 Å². The molecule has 1 aromatic rings. The Bertz CT molecular complexity index is 483. The lowest BCUT2D eigenvalue weighted by atomic mass is 10.0. The van der Waals surface area contributed by atoms with Gasteiger partial charge in [0.2, 0.25) is 5.91 Å². The van der Waals surface area contributed by atoms with Crippen LogP contribution >= 0.6 is 0 Å². The Morgan fingerprint density at radius 1 is 1.32 bits per heavy atom. The molecule has 22 heavy (non-hydrogen) atoms. The summed E-state index contributed by atoms with van der Waals surface area (Å²) in [6.07, 6.45) is -2.83. The summed E-state index contributed by atoms with van der Waals surface area (Å²) < 4.78 is 40.7. The monoisotopic (exact) mass is 316 g/mol. The van der Waals surface area contributed by atoms with Crippen molar-refractivity contribution in [3.8, 4) is 5.75 Å². The molecule has 122 valence electrons. The predicted molar refractivity (Wildman–Crippen MR) is 75.4 cm³/mol. The van der Waals surface area contributed by atoms with Gasteiger partial charge in [0.25, 0.3) is 0 Å². The highest BCUT2D eigenvalue weighted by Crippen LogP contribution is 2.19. The number of alkyl halides is 3. The van der Waals surface area contributed by atoms with Crippen molar-refractivity contribution in [2.75, 3.05) is 19.7 Å². The normalized spacial score (nSPS) is 18.2. The quantitative estimate of drug-likeness (QED) is 0.846. The smallest absolute Gasteiger partial charge is 0.422 e. The average molecular weight is 316 g/mol. The van der Waals surface area contributed by atoms with Crippen molar-refractivity contribution < 1.29 is 22.7 Å². The molecular weight excluding hydrogens is 297 g/mol. The van der Waals surface area contributed by atoms with Gasteiger partial charge in [-0.3, -0.25) is 4.79 Å². The van der Waals surface area contributed by atoms with Gasteiger partial charge in [0, 0.05) is 13.0 Å². The molecule has 1 fully saturated rings. The molecule has 0 saturated carbocycles. The first kappa shape index (κ1) is 16.6. The third-order valence-electron chi connectivity index (χ3n) is 3.45. The molecule has 0 radical (unpaired) electrons. The van der Waals surface area contributed by atoms with Crippen molar-refractivity contribution in [1.82, 2.24) is 10.6 Å². The van der Waals surface area contributed by atoms with E-state index in [1.54, 1.807) is 12.1 Å². The fourth-order valence-electron chi connectivity index (χ4n) is 2.29. The highest BCUT2D eigenvalue weighted by Gasteiger charge is 2.28. The lowest BCUT2D eigenvalue weighted by Gasteiger charge is -2.11. The first-order chi connectivity index (χ1) is 10.4. The van der Waals surface area contributed by atoms with Crippen molar-refractivity contribution in [3.05, 3.63) is 29.8 Å². The Morgan fingerprint density at radius 2 is 2.05 bits per heavy atom. The van der Waals surface area contributed by atoms with Crippen LogP contribution in [0.4, 0.5) is 13.2 Å². The maximum absolute atomic E-state index is 12.0. The van der Waals surface area contributed by atoms with Gasteiger partial charge in [-0.25, -0.2) is 0 Å². The second-order valence-electron chi connectivity index (χ2n) is 5.39. The maximum Gasteiger partial charge on any atom is 0.422 e. The molecule has 4 nitrogen and oxygen atoms in total. The molecule has 2 N–H and O–H groups in total. The van der Waals surface area contributed by atoms with Crippen LogP contribution in [-0.2, 0) is 11.3 Å². The molecular formula is C15H19F3N2O2. The molecule has 0 aromatic heterocycles. The van der Waals surface area contributed by atoms with E-state index in [4.69, 9.17) is 0 Å². The topological polar surface area (TPSA) is 50.4 Å². The lowest BCUT2D eigenvalue weighted by Crippen LogP contribution is -2.25. The van der Waals surface area contributed by atoms with Gasteiger partial charge in [-0.1, -0.05) is 12.1 Å². The van der Waals surface area contributed by atoms with Gasteiger partial charge in [0.15, 0.2) is 6.61 Å². The fraction of sp³-hybridized carbons (Fsp3) is 0.533. The molecule has 2 rings (SSSR count). The second kappa shape index (κ2) is 7.49. The lowest BCUT2D eigenvalue weighted by molar-refractivity contribution is -0.153. The highest BCUT2D eigenvalue weighted by atomic mass is 19.4. The minimum Gasteiger partial charge on any atom is -0.484 e. The Morgan fingerprint density at radius 3 is 2.64 bits per heavy atom. The van der Waals surface area contributed by atoms with E-state index in [2.05, 4.69) is 15.4 Å². The van der Waals surface area contributed by atoms with Crippen LogP contribution in [0.1, 0.15) is 18.4 Å². The van der Waals surface area contributed by atoms with Crippen LogP contribution in [0.25, 0.3) is 0 Å². The minimum absolute atomic E-state index is 0.00824. The Labute approximate surface area is 127 Å². The first-order valence-corrected chi connectivity index (χ1v) is 7.18. The summed E-state index contributed by atoms with van der Waals surface area (Å²) in [5.74, 6) is 0.536. The van der Waals surface area contributed by atoms with Gasteiger partial charge in [-0.15, -0.1) is 0 Å². The van der Waals surface area contributed by atoms with E-state index in [0.29, 0.717) is 18.9 Å². The zero-order valence-corrected chi connectivity index (χ0v) is 12.1. The van der Waals surface area contributed by atoms with Crippen LogP contribution < -0.4 is 15.4 Å². The zero-order valence-electron chi connectivity index (χ0n) is 12.1. The molecule has 0 aliphatic carbocycles. The number of halogens is 3. The molecule has 1 unspecified atom stereocenters. The fourth-order valence-corrected chi connectivity index (χ4v) is 2.29. The Hall–Kier alpha value is -1.76. The number of rotatable bonds is 6. The summed E-state index contributed by atoms with van der Waals surface area (Å²) in [5.41, 5.74) is 0.817. The van der Waals surface area contributed by atoms with Crippen LogP contribution in [0.15, 0.2) is 24.3 Å². The van der Waals surface area contributed by atoms with Gasteiger partial charge >= 0.3 is 6.18 Å². The standard InChI is InChI=1S/C15H19F3N2O2/c16-15(17,18)10-22-13-3-1-11(2-4-13)9-20-14(21)7-12-5-6-19-8-12/h1-4,12,19H,5-10H2,(H,20,21). The number of carbonyl (C=O) groups excluding carboxylic acids is 1. The summed E-state index contributed by atoms with van der Waals surface area (Å²) in [6, 6.07) is 6.22. The first-order valence-electron chi connectivity index (χ1n) is 7.18. The van der Waals surface area contributed by atoms with Gasteiger partial charge in [-0.2, -0.15) is 13.2 Å². The van der Waals surface area contributed by atoms with E-state index >= 15 is 0 Å². The second-order valence-corrected chi connectivity index (χ2v) is 5.39. The predicted octanol–water partition coefficient (Wildman–Crippen LogP) is 2.24. The maximum atomic E-state index is 12.0. The summed E-state index contributed by atoms with van der Waals surface area (Å²) in [4.78, 5) is 11.8. The molecule has 1 heterocycles. The van der Waals surface area contributed by atoms with Crippen LogP contribution in [0.5, 0.6) is 5.75 Å². The van der Waals surface area contributed by atoms with Crippen LogP contribution in [-0.4, -0.2) is 31.8 Å². The van der Waals surface area contributed by atoms with Crippen LogP contribution in [0, 0.1) is 5.92 Å². The third-order valence-corrected chi connectivity index (χ3v) is 3.45. The van der Waals surface area contributed by atoms with E-state index in [9.17, 15) is 18.0 Å². The van der Waals surface area contributed by atoms with E-state index < -0.39 is 12.8 Å². The zero-order chi connectivity index (χ0) is 16.0. The number of hydrogen-bond acceptors (Lipinski definition) is 3. The molecule has 1 atom stereocenters. The number of hydrogen-bond donors (Lipinski definition) is 2. The highest BCUT2D eigenvalue weighted by molar-refractivity contribution is 5.76. The number of amides is 1. The largest absolute Gasteiger partial charge is 0.484 e. The molecule has 1 amide bonds. The number of benzene rings is 1. The van der Waals surface area contributed by atoms with E-state index in [1.807, 2.05) is 0 Å². The molecule has 0 bridgehead atoms. The van der Waals surface area contributed by atoms with E-state index in [1.165, 1.54) is 12.1 Å². The molecule has 1 aromatic carbocycles.